The van der Waals surface area contributed by atoms with Crippen molar-refractivity contribution in [1.29, 1.82) is 0 Å². The third-order valence-corrected chi connectivity index (χ3v) is 4.76. The van der Waals surface area contributed by atoms with Crippen LogP contribution in [0.4, 0.5) is 11.6 Å². The Balaban J connectivity index is 1.31. The highest BCUT2D eigenvalue weighted by molar-refractivity contribution is 5.94. The molecular weight excluding hydrogens is 352 g/mol. The first-order valence-corrected chi connectivity index (χ1v) is 9.34. The van der Waals surface area contributed by atoms with Crippen LogP contribution in [0.3, 0.4) is 0 Å². The summed E-state index contributed by atoms with van der Waals surface area (Å²) < 4.78 is 0. The number of hydrogen-bond donors (Lipinski definition) is 1. The maximum Gasteiger partial charge on any atom is 0.253 e. The number of aromatic nitrogens is 3. The van der Waals surface area contributed by atoms with Gasteiger partial charge in [0, 0.05) is 57.5 Å². The maximum absolute atomic E-state index is 12.3. The number of piperazine rings is 1. The van der Waals surface area contributed by atoms with Gasteiger partial charge in [0.25, 0.3) is 5.91 Å². The van der Waals surface area contributed by atoms with E-state index in [0.29, 0.717) is 12.1 Å². The predicted molar refractivity (Wildman–Crippen MR) is 108 cm³/mol. The molecule has 1 aliphatic rings. The number of nitrogens with one attached hydrogen (secondary N) is 1. The van der Waals surface area contributed by atoms with Gasteiger partial charge >= 0.3 is 0 Å². The van der Waals surface area contributed by atoms with E-state index in [1.165, 1.54) is 0 Å². The molecule has 0 atom stereocenters. The van der Waals surface area contributed by atoms with E-state index in [2.05, 4.69) is 30.1 Å². The number of nitrogens with zero attached hydrogens (tertiary/aromatic N) is 5. The molecule has 0 spiro atoms. The summed E-state index contributed by atoms with van der Waals surface area (Å²) in [5.74, 6) is 1.77. The van der Waals surface area contributed by atoms with Gasteiger partial charge in [-0.25, -0.2) is 9.97 Å². The van der Waals surface area contributed by atoms with Crippen LogP contribution in [0.1, 0.15) is 15.9 Å². The molecule has 0 radical (unpaired) electrons. The second kappa shape index (κ2) is 8.47. The van der Waals surface area contributed by atoms with E-state index in [-0.39, 0.29) is 5.91 Å². The fourth-order valence-electron chi connectivity index (χ4n) is 3.20. The van der Waals surface area contributed by atoms with Crippen molar-refractivity contribution in [2.75, 3.05) is 36.0 Å². The molecule has 1 aliphatic heterocycles. The molecule has 142 valence electrons. The van der Waals surface area contributed by atoms with Gasteiger partial charge in [-0.15, -0.1) is 0 Å². The fraction of sp³-hybridized carbons (Fsp3) is 0.238. The first-order valence-electron chi connectivity index (χ1n) is 9.34. The topological polar surface area (TPSA) is 74.2 Å². The molecule has 0 bridgehead atoms. The Morgan fingerprint density at radius 3 is 2.25 bits per heavy atom. The maximum atomic E-state index is 12.3. The van der Waals surface area contributed by atoms with Gasteiger partial charge in [-0.3, -0.25) is 9.78 Å². The minimum atomic E-state index is -0.136. The minimum Gasteiger partial charge on any atom is -0.353 e. The highest BCUT2D eigenvalue weighted by Gasteiger charge is 2.19. The molecule has 0 unspecified atom stereocenters. The van der Waals surface area contributed by atoms with Gasteiger partial charge in [0.1, 0.15) is 11.6 Å². The zero-order valence-corrected chi connectivity index (χ0v) is 15.5. The van der Waals surface area contributed by atoms with E-state index in [1.807, 2.05) is 48.7 Å². The standard InChI is InChI=1S/C21H22N6O/c28-21(25-15-17-4-3-8-22-14-17)18-6-7-20(24-16-18)27-12-10-26(11-13-27)19-5-1-2-9-23-19/h1-9,14,16H,10-13,15H2,(H,25,28). The van der Waals surface area contributed by atoms with Crippen LogP contribution in [0.15, 0.2) is 67.3 Å². The van der Waals surface area contributed by atoms with Gasteiger partial charge in [0.2, 0.25) is 0 Å². The molecule has 0 saturated carbocycles. The first-order chi connectivity index (χ1) is 13.8. The molecule has 1 saturated heterocycles. The largest absolute Gasteiger partial charge is 0.353 e. The van der Waals surface area contributed by atoms with Crippen LogP contribution in [-0.2, 0) is 6.54 Å². The lowest BCUT2D eigenvalue weighted by Crippen LogP contribution is -2.47. The number of amides is 1. The molecule has 1 fully saturated rings. The fourth-order valence-corrected chi connectivity index (χ4v) is 3.20. The Labute approximate surface area is 164 Å². The first kappa shape index (κ1) is 17.9. The van der Waals surface area contributed by atoms with Crippen molar-refractivity contribution in [1.82, 2.24) is 20.3 Å². The number of carbonyl (C=O) groups is 1. The van der Waals surface area contributed by atoms with Crippen molar-refractivity contribution in [3.8, 4) is 0 Å². The Morgan fingerprint density at radius 2 is 1.64 bits per heavy atom. The van der Waals surface area contributed by atoms with E-state index in [9.17, 15) is 4.79 Å². The molecule has 7 nitrogen and oxygen atoms in total. The summed E-state index contributed by atoms with van der Waals surface area (Å²) in [4.78, 5) is 29.8. The van der Waals surface area contributed by atoms with Crippen LogP contribution < -0.4 is 15.1 Å². The quantitative estimate of drug-likeness (QED) is 0.737. The van der Waals surface area contributed by atoms with E-state index < -0.39 is 0 Å². The Bertz CT molecular complexity index is 893. The van der Waals surface area contributed by atoms with Crippen LogP contribution in [0.5, 0.6) is 0 Å². The molecule has 3 aromatic rings. The van der Waals surface area contributed by atoms with E-state index in [1.54, 1.807) is 18.6 Å². The number of hydrogen-bond acceptors (Lipinski definition) is 6. The lowest BCUT2D eigenvalue weighted by Gasteiger charge is -2.36. The molecule has 4 heterocycles. The van der Waals surface area contributed by atoms with Gasteiger partial charge in [-0.2, -0.15) is 0 Å². The molecule has 0 aromatic carbocycles. The zero-order chi connectivity index (χ0) is 19.2. The molecular formula is C21H22N6O. The minimum absolute atomic E-state index is 0.136. The Hall–Kier alpha value is -3.48. The molecule has 1 N–H and O–H groups in total. The zero-order valence-electron chi connectivity index (χ0n) is 15.5. The molecule has 28 heavy (non-hydrogen) atoms. The van der Waals surface area contributed by atoms with E-state index in [4.69, 9.17) is 0 Å². The highest BCUT2D eigenvalue weighted by Crippen LogP contribution is 2.17. The van der Waals surface area contributed by atoms with Gasteiger partial charge in [-0.05, 0) is 35.9 Å². The number of carbonyl (C=O) groups excluding carboxylic acids is 1. The number of pyridine rings is 3. The van der Waals surface area contributed by atoms with Crippen LogP contribution >= 0.6 is 0 Å². The molecule has 7 heteroatoms. The smallest absolute Gasteiger partial charge is 0.253 e. The van der Waals surface area contributed by atoms with E-state index in [0.717, 1.165) is 43.4 Å². The number of rotatable bonds is 5. The molecule has 3 aromatic heterocycles. The number of anilines is 2. The predicted octanol–water partition coefficient (Wildman–Crippen LogP) is 2.13. The average molecular weight is 374 g/mol. The van der Waals surface area contributed by atoms with Crippen LogP contribution in [0.2, 0.25) is 0 Å². The second-order valence-corrected chi connectivity index (χ2v) is 6.61. The summed E-state index contributed by atoms with van der Waals surface area (Å²) in [6.45, 7) is 3.98. The second-order valence-electron chi connectivity index (χ2n) is 6.61. The van der Waals surface area contributed by atoms with Crippen molar-refractivity contribution >= 4 is 17.5 Å². The summed E-state index contributed by atoms with van der Waals surface area (Å²) in [5, 5.41) is 2.89. The highest BCUT2D eigenvalue weighted by atomic mass is 16.1. The summed E-state index contributed by atoms with van der Waals surface area (Å²) in [6.07, 6.45) is 6.91. The Kier molecular flexibility index (Phi) is 5.42. The molecule has 0 aliphatic carbocycles. The van der Waals surface area contributed by atoms with Crippen molar-refractivity contribution < 1.29 is 4.79 Å². The van der Waals surface area contributed by atoms with Crippen molar-refractivity contribution in [2.24, 2.45) is 0 Å². The third-order valence-electron chi connectivity index (χ3n) is 4.76. The molecule has 1 amide bonds. The third kappa shape index (κ3) is 4.25. The summed E-state index contributed by atoms with van der Waals surface area (Å²) in [5.41, 5.74) is 1.52. The Morgan fingerprint density at radius 1 is 0.857 bits per heavy atom. The van der Waals surface area contributed by atoms with Crippen molar-refractivity contribution in [3.63, 3.8) is 0 Å². The lowest BCUT2D eigenvalue weighted by molar-refractivity contribution is 0.0950. The van der Waals surface area contributed by atoms with Crippen LogP contribution in [0, 0.1) is 0 Å². The van der Waals surface area contributed by atoms with Crippen molar-refractivity contribution in [3.05, 3.63) is 78.4 Å². The van der Waals surface area contributed by atoms with Gasteiger partial charge in [0.05, 0.1) is 5.56 Å². The SMILES string of the molecule is O=C(NCc1cccnc1)c1ccc(N2CCN(c3ccccn3)CC2)nc1. The normalized spacial score (nSPS) is 14.0. The lowest BCUT2D eigenvalue weighted by atomic mass is 10.2. The molecule has 4 rings (SSSR count). The summed E-state index contributed by atoms with van der Waals surface area (Å²) >= 11 is 0. The van der Waals surface area contributed by atoms with Crippen LogP contribution in [-0.4, -0.2) is 47.0 Å². The van der Waals surface area contributed by atoms with Gasteiger partial charge in [-0.1, -0.05) is 12.1 Å². The summed E-state index contributed by atoms with van der Waals surface area (Å²) in [6, 6.07) is 13.5. The summed E-state index contributed by atoms with van der Waals surface area (Å²) in [7, 11) is 0. The van der Waals surface area contributed by atoms with Crippen molar-refractivity contribution in [2.45, 2.75) is 6.54 Å². The van der Waals surface area contributed by atoms with Crippen LogP contribution in [0.25, 0.3) is 0 Å². The monoisotopic (exact) mass is 374 g/mol. The van der Waals surface area contributed by atoms with Gasteiger partial charge in [0.15, 0.2) is 0 Å². The average Bonchev–Trinajstić information content (AvgIpc) is 2.79. The van der Waals surface area contributed by atoms with E-state index >= 15 is 0 Å². The van der Waals surface area contributed by atoms with Gasteiger partial charge < -0.3 is 15.1 Å².